The van der Waals surface area contributed by atoms with Gasteiger partial charge < -0.3 is 15.3 Å². The van der Waals surface area contributed by atoms with Gasteiger partial charge in [0.05, 0.1) is 6.10 Å². The van der Waals surface area contributed by atoms with Crippen molar-refractivity contribution >= 4 is 5.69 Å². The molecule has 1 aromatic rings. The van der Waals surface area contributed by atoms with Crippen LogP contribution in [0.3, 0.4) is 0 Å². The maximum Gasteiger partial charge on any atom is 0.0588 e. The maximum absolute atomic E-state index is 10.1. The van der Waals surface area contributed by atoms with Crippen LogP contribution in [0.5, 0.6) is 0 Å². The van der Waals surface area contributed by atoms with Gasteiger partial charge in [0.1, 0.15) is 0 Å². The Hall–Kier alpha value is -1.06. The minimum absolute atomic E-state index is 0.0666. The zero-order valence-corrected chi connectivity index (χ0v) is 12.9. The van der Waals surface area contributed by atoms with Crippen molar-refractivity contribution in [1.29, 1.82) is 0 Å². The van der Waals surface area contributed by atoms with Crippen molar-refractivity contribution in [2.75, 3.05) is 18.0 Å². The first-order valence-electron chi connectivity index (χ1n) is 8.46. The zero-order valence-electron chi connectivity index (χ0n) is 12.9. The average Bonchev–Trinajstić information content (AvgIpc) is 3.10. The van der Waals surface area contributed by atoms with E-state index in [1.807, 2.05) is 0 Å². The van der Waals surface area contributed by atoms with E-state index in [9.17, 15) is 5.11 Å². The second-order valence-electron chi connectivity index (χ2n) is 7.24. The molecule has 2 aliphatic carbocycles. The summed E-state index contributed by atoms with van der Waals surface area (Å²) in [6, 6.07) is 7.65. The average molecular weight is 286 g/mol. The lowest BCUT2D eigenvalue weighted by Crippen LogP contribution is -2.24. The van der Waals surface area contributed by atoms with Crippen LogP contribution >= 0.6 is 0 Å². The molecule has 1 aromatic carbocycles. The molecule has 114 valence electrons. The molecule has 1 aliphatic heterocycles. The van der Waals surface area contributed by atoms with Crippen molar-refractivity contribution in [3.63, 3.8) is 0 Å². The molecular formula is C18H26N2O. The summed E-state index contributed by atoms with van der Waals surface area (Å²) in [6.45, 7) is 5.38. The summed E-state index contributed by atoms with van der Waals surface area (Å²) in [4.78, 5) is 2.48. The third kappa shape index (κ3) is 2.69. The number of hydrogen-bond acceptors (Lipinski definition) is 3. The molecule has 0 amide bonds. The minimum Gasteiger partial charge on any atom is -0.393 e. The van der Waals surface area contributed by atoms with Crippen LogP contribution in [0.1, 0.15) is 36.8 Å². The van der Waals surface area contributed by atoms with E-state index in [2.05, 4.69) is 35.3 Å². The van der Waals surface area contributed by atoms with Crippen LogP contribution in [0.15, 0.2) is 18.2 Å². The SMILES string of the molecule is Cc1cc(N2CC3CCC(O)C3C2)ccc1CNC1CC1. The summed E-state index contributed by atoms with van der Waals surface area (Å²) in [7, 11) is 0. The van der Waals surface area contributed by atoms with Gasteiger partial charge in [0.2, 0.25) is 0 Å². The number of aliphatic hydroxyl groups excluding tert-OH is 1. The van der Waals surface area contributed by atoms with Gasteiger partial charge in [-0.25, -0.2) is 0 Å². The first-order chi connectivity index (χ1) is 10.2. The van der Waals surface area contributed by atoms with Crippen molar-refractivity contribution in [1.82, 2.24) is 5.32 Å². The van der Waals surface area contributed by atoms with Crippen molar-refractivity contribution in [2.24, 2.45) is 11.8 Å². The molecule has 3 nitrogen and oxygen atoms in total. The fraction of sp³-hybridized carbons (Fsp3) is 0.667. The molecule has 3 unspecified atom stereocenters. The number of nitrogens with zero attached hydrogens (tertiary/aromatic N) is 1. The van der Waals surface area contributed by atoms with Gasteiger partial charge in [-0.3, -0.25) is 0 Å². The van der Waals surface area contributed by atoms with Crippen LogP contribution in [-0.2, 0) is 6.54 Å². The molecule has 0 radical (unpaired) electrons. The second-order valence-corrected chi connectivity index (χ2v) is 7.24. The van der Waals surface area contributed by atoms with E-state index in [0.29, 0.717) is 11.8 Å². The first-order valence-corrected chi connectivity index (χ1v) is 8.46. The van der Waals surface area contributed by atoms with E-state index >= 15 is 0 Å². The Labute approximate surface area is 127 Å². The summed E-state index contributed by atoms with van der Waals surface area (Å²) in [5.74, 6) is 1.21. The van der Waals surface area contributed by atoms with Gasteiger partial charge >= 0.3 is 0 Å². The fourth-order valence-corrected chi connectivity index (χ4v) is 4.06. The van der Waals surface area contributed by atoms with Gasteiger partial charge in [0.15, 0.2) is 0 Å². The standard InChI is InChI=1S/C18H26N2O/c1-12-8-16(6-2-13(12)9-19-15-4-5-15)20-10-14-3-7-18(21)17(14)11-20/h2,6,8,14-15,17-19,21H,3-5,7,9-11H2,1H3. The molecule has 1 saturated heterocycles. The van der Waals surface area contributed by atoms with Crippen molar-refractivity contribution in [3.8, 4) is 0 Å². The number of hydrogen-bond donors (Lipinski definition) is 2. The molecule has 3 fully saturated rings. The number of fused-ring (bicyclic) bond motifs is 1. The Morgan fingerprint density at radius 2 is 2.05 bits per heavy atom. The number of benzene rings is 1. The summed E-state index contributed by atoms with van der Waals surface area (Å²) >= 11 is 0. The highest BCUT2D eigenvalue weighted by Crippen LogP contribution is 2.40. The Morgan fingerprint density at radius 1 is 1.19 bits per heavy atom. The van der Waals surface area contributed by atoms with Gasteiger partial charge in [-0.1, -0.05) is 6.07 Å². The van der Waals surface area contributed by atoms with E-state index < -0.39 is 0 Å². The topological polar surface area (TPSA) is 35.5 Å². The van der Waals surface area contributed by atoms with Crippen molar-refractivity contribution in [3.05, 3.63) is 29.3 Å². The molecule has 2 N–H and O–H groups in total. The lowest BCUT2D eigenvalue weighted by Gasteiger charge is -2.22. The van der Waals surface area contributed by atoms with E-state index in [4.69, 9.17) is 0 Å². The highest BCUT2D eigenvalue weighted by molar-refractivity contribution is 5.52. The first kappa shape index (κ1) is 13.6. The summed E-state index contributed by atoms with van der Waals surface area (Å²) in [6.07, 6.45) is 4.83. The van der Waals surface area contributed by atoms with E-state index in [0.717, 1.165) is 32.1 Å². The number of aliphatic hydroxyl groups is 1. The van der Waals surface area contributed by atoms with Crippen LogP contribution in [-0.4, -0.2) is 30.3 Å². The van der Waals surface area contributed by atoms with E-state index in [-0.39, 0.29) is 6.10 Å². The molecular weight excluding hydrogens is 260 g/mol. The maximum atomic E-state index is 10.1. The second kappa shape index (κ2) is 5.29. The lowest BCUT2D eigenvalue weighted by atomic mass is 10.00. The lowest BCUT2D eigenvalue weighted by molar-refractivity contribution is 0.133. The van der Waals surface area contributed by atoms with Gasteiger partial charge in [-0.05, 0) is 61.8 Å². The number of nitrogens with one attached hydrogen (secondary N) is 1. The molecule has 3 atom stereocenters. The van der Waals surface area contributed by atoms with Gasteiger partial charge in [0, 0.05) is 37.3 Å². The van der Waals surface area contributed by atoms with E-state index in [1.54, 1.807) is 0 Å². The molecule has 1 heterocycles. The smallest absolute Gasteiger partial charge is 0.0588 e. The van der Waals surface area contributed by atoms with Crippen LogP contribution in [0.25, 0.3) is 0 Å². The van der Waals surface area contributed by atoms with Crippen molar-refractivity contribution < 1.29 is 5.11 Å². The normalized spacial score (nSPS) is 31.7. The summed E-state index contributed by atoms with van der Waals surface area (Å²) in [5.41, 5.74) is 4.15. The van der Waals surface area contributed by atoms with Crippen LogP contribution in [0.4, 0.5) is 5.69 Å². The van der Waals surface area contributed by atoms with Gasteiger partial charge in [0.25, 0.3) is 0 Å². The molecule has 0 bridgehead atoms. The highest BCUT2D eigenvalue weighted by Gasteiger charge is 2.41. The molecule has 21 heavy (non-hydrogen) atoms. The molecule has 3 aliphatic rings. The van der Waals surface area contributed by atoms with Crippen molar-refractivity contribution in [2.45, 2.75) is 51.3 Å². The highest BCUT2D eigenvalue weighted by atomic mass is 16.3. The number of anilines is 1. The predicted molar refractivity (Wildman–Crippen MR) is 85.5 cm³/mol. The molecule has 4 rings (SSSR count). The fourth-order valence-electron chi connectivity index (χ4n) is 4.06. The number of rotatable bonds is 4. The molecule has 0 aromatic heterocycles. The third-order valence-electron chi connectivity index (χ3n) is 5.67. The largest absolute Gasteiger partial charge is 0.393 e. The molecule has 3 heteroatoms. The third-order valence-corrected chi connectivity index (χ3v) is 5.67. The van der Waals surface area contributed by atoms with Gasteiger partial charge in [-0.15, -0.1) is 0 Å². The Bertz CT molecular complexity index is 526. The number of aryl methyl sites for hydroxylation is 1. The van der Waals surface area contributed by atoms with Gasteiger partial charge in [-0.2, -0.15) is 0 Å². The van der Waals surface area contributed by atoms with Crippen LogP contribution in [0, 0.1) is 18.8 Å². The monoisotopic (exact) mass is 286 g/mol. The quantitative estimate of drug-likeness (QED) is 0.892. The summed E-state index contributed by atoms with van der Waals surface area (Å²) < 4.78 is 0. The Kier molecular flexibility index (Phi) is 3.43. The predicted octanol–water partition coefficient (Wildman–Crippen LogP) is 2.45. The molecule has 0 spiro atoms. The minimum atomic E-state index is -0.0666. The van der Waals surface area contributed by atoms with E-state index in [1.165, 1.54) is 36.1 Å². The Morgan fingerprint density at radius 3 is 2.76 bits per heavy atom. The Balaban J connectivity index is 1.44. The zero-order chi connectivity index (χ0) is 14.4. The van der Waals surface area contributed by atoms with Crippen LogP contribution in [0.2, 0.25) is 0 Å². The molecule has 2 saturated carbocycles. The van der Waals surface area contributed by atoms with Crippen LogP contribution < -0.4 is 10.2 Å². The summed E-state index contributed by atoms with van der Waals surface area (Å²) in [5, 5.41) is 13.6.